The van der Waals surface area contributed by atoms with Crippen LogP contribution in [0, 0.1) is 0 Å². The lowest BCUT2D eigenvalue weighted by molar-refractivity contribution is -0.118. The van der Waals surface area contributed by atoms with Gasteiger partial charge in [-0.25, -0.2) is 0 Å². The molecule has 6 heteroatoms. The molecule has 2 unspecified atom stereocenters. The highest BCUT2D eigenvalue weighted by Crippen LogP contribution is 2.23. The number of hydrogen-bond donors (Lipinski definition) is 2. The fourth-order valence-corrected chi connectivity index (χ4v) is 3.32. The highest BCUT2D eigenvalue weighted by Gasteiger charge is 2.21. The van der Waals surface area contributed by atoms with Crippen molar-refractivity contribution in [3.05, 3.63) is 59.1 Å². The third kappa shape index (κ3) is 4.87. The molecule has 2 N–H and O–H groups in total. The number of nitrogens with one attached hydrogen (secondary N) is 2. The Labute approximate surface area is 164 Å². The molecule has 1 heterocycles. The number of halogens is 1. The molecular weight excluding hydrogens is 362 g/mol. The van der Waals surface area contributed by atoms with Gasteiger partial charge in [-0.3, -0.25) is 14.9 Å². The van der Waals surface area contributed by atoms with Crippen molar-refractivity contribution >= 4 is 34.8 Å². The molecule has 2 aromatic rings. The van der Waals surface area contributed by atoms with Crippen LogP contribution in [0.1, 0.15) is 38.3 Å². The maximum Gasteiger partial charge on any atom is 0.241 e. The lowest BCUT2D eigenvalue weighted by Crippen LogP contribution is -2.39. The summed E-state index contributed by atoms with van der Waals surface area (Å²) in [7, 11) is 0. The number of nitrogens with zero attached hydrogens (tertiary/aromatic N) is 1. The van der Waals surface area contributed by atoms with Gasteiger partial charge in [-0.05, 0) is 62.2 Å². The van der Waals surface area contributed by atoms with Gasteiger partial charge in [-0.2, -0.15) is 0 Å². The third-order valence-corrected chi connectivity index (χ3v) is 5.04. The molecule has 2 amide bonds. The van der Waals surface area contributed by atoms with Crippen LogP contribution >= 0.6 is 11.6 Å². The van der Waals surface area contributed by atoms with Crippen LogP contribution in [0.2, 0.25) is 5.02 Å². The number of anilines is 2. The van der Waals surface area contributed by atoms with Gasteiger partial charge in [0, 0.05) is 35.4 Å². The maximum absolute atomic E-state index is 12.5. The van der Waals surface area contributed by atoms with Crippen molar-refractivity contribution in [3.63, 3.8) is 0 Å². The van der Waals surface area contributed by atoms with E-state index in [4.69, 9.17) is 11.6 Å². The Bertz CT molecular complexity index is 805. The van der Waals surface area contributed by atoms with Crippen molar-refractivity contribution in [1.29, 1.82) is 0 Å². The number of amides is 2. The second kappa shape index (κ2) is 8.55. The minimum Gasteiger partial charge on any atom is -0.325 e. The number of carbonyl (C=O) groups is 2. The zero-order valence-corrected chi connectivity index (χ0v) is 16.3. The van der Waals surface area contributed by atoms with Gasteiger partial charge >= 0.3 is 0 Å². The standard InChI is InChI=1S/C21H24ClN3O2/c1-14(16-5-7-17(22)8-6-16)23-15(2)21(27)24-18-9-11-19(12-10-18)25-13-3-4-20(25)26/h5-12,14-15,23H,3-4,13H2,1-2H3,(H,24,27). The Balaban J connectivity index is 1.56. The van der Waals surface area contributed by atoms with Crippen molar-refractivity contribution in [3.8, 4) is 0 Å². The van der Waals surface area contributed by atoms with Gasteiger partial charge in [0.1, 0.15) is 0 Å². The van der Waals surface area contributed by atoms with Gasteiger partial charge in [0.2, 0.25) is 11.8 Å². The summed E-state index contributed by atoms with van der Waals surface area (Å²) in [6, 6.07) is 14.6. The quantitative estimate of drug-likeness (QED) is 0.785. The van der Waals surface area contributed by atoms with E-state index in [0.29, 0.717) is 17.1 Å². The van der Waals surface area contributed by atoms with Gasteiger partial charge in [-0.15, -0.1) is 0 Å². The first-order chi connectivity index (χ1) is 12.9. The van der Waals surface area contributed by atoms with Gasteiger partial charge in [-0.1, -0.05) is 23.7 Å². The third-order valence-electron chi connectivity index (χ3n) is 4.78. The van der Waals surface area contributed by atoms with Crippen molar-refractivity contribution in [1.82, 2.24) is 5.32 Å². The molecule has 0 spiro atoms. The van der Waals surface area contributed by atoms with Crippen LogP contribution in [0.25, 0.3) is 0 Å². The lowest BCUT2D eigenvalue weighted by Gasteiger charge is -2.20. The summed E-state index contributed by atoms with van der Waals surface area (Å²) in [5.74, 6) is 0.0432. The number of benzene rings is 2. The largest absolute Gasteiger partial charge is 0.325 e. The molecule has 2 aromatic carbocycles. The summed E-state index contributed by atoms with van der Waals surface area (Å²) in [6.07, 6.45) is 1.50. The minimum atomic E-state index is -0.365. The topological polar surface area (TPSA) is 61.4 Å². The van der Waals surface area contributed by atoms with Crippen LogP contribution in [-0.4, -0.2) is 24.4 Å². The summed E-state index contributed by atoms with van der Waals surface area (Å²) in [4.78, 5) is 26.1. The Hall–Kier alpha value is -2.37. The average Bonchev–Trinajstić information content (AvgIpc) is 3.08. The molecule has 1 aliphatic rings. The van der Waals surface area contributed by atoms with E-state index < -0.39 is 0 Å². The monoisotopic (exact) mass is 385 g/mol. The van der Waals surface area contributed by atoms with Crippen LogP contribution in [0.3, 0.4) is 0 Å². The molecule has 27 heavy (non-hydrogen) atoms. The van der Waals surface area contributed by atoms with E-state index in [9.17, 15) is 9.59 Å². The predicted molar refractivity (Wildman–Crippen MR) is 109 cm³/mol. The van der Waals surface area contributed by atoms with Crippen molar-refractivity contribution in [2.75, 3.05) is 16.8 Å². The zero-order chi connectivity index (χ0) is 19.4. The van der Waals surface area contributed by atoms with Gasteiger partial charge in [0.15, 0.2) is 0 Å². The fraction of sp³-hybridized carbons (Fsp3) is 0.333. The first-order valence-electron chi connectivity index (χ1n) is 9.17. The van der Waals surface area contributed by atoms with Gasteiger partial charge < -0.3 is 10.2 Å². The van der Waals surface area contributed by atoms with E-state index in [-0.39, 0.29) is 23.9 Å². The smallest absolute Gasteiger partial charge is 0.241 e. The summed E-state index contributed by atoms with van der Waals surface area (Å²) >= 11 is 5.92. The van der Waals surface area contributed by atoms with E-state index >= 15 is 0 Å². The second-order valence-corrected chi connectivity index (χ2v) is 7.28. The Morgan fingerprint density at radius 1 is 1.07 bits per heavy atom. The summed E-state index contributed by atoms with van der Waals surface area (Å²) < 4.78 is 0. The molecule has 0 aliphatic carbocycles. The molecule has 0 aromatic heterocycles. The van der Waals surface area contributed by atoms with E-state index in [1.54, 1.807) is 4.90 Å². The molecule has 1 fully saturated rings. The van der Waals surface area contributed by atoms with Gasteiger partial charge in [0.05, 0.1) is 6.04 Å². The molecule has 2 atom stereocenters. The molecule has 0 radical (unpaired) electrons. The number of rotatable bonds is 6. The number of carbonyl (C=O) groups excluding carboxylic acids is 2. The van der Waals surface area contributed by atoms with Crippen molar-refractivity contribution in [2.24, 2.45) is 0 Å². The minimum absolute atomic E-state index is 0.0200. The highest BCUT2D eigenvalue weighted by molar-refractivity contribution is 6.30. The van der Waals surface area contributed by atoms with Crippen LogP contribution in [0.5, 0.6) is 0 Å². The van der Waals surface area contributed by atoms with Crippen LogP contribution in [0.15, 0.2) is 48.5 Å². The SMILES string of the molecule is CC(NC(C)c1ccc(Cl)cc1)C(=O)Nc1ccc(N2CCCC2=O)cc1. The number of hydrogen-bond acceptors (Lipinski definition) is 3. The molecule has 0 saturated carbocycles. The first-order valence-corrected chi connectivity index (χ1v) is 9.54. The fourth-order valence-electron chi connectivity index (χ4n) is 3.19. The second-order valence-electron chi connectivity index (χ2n) is 6.85. The van der Waals surface area contributed by atoms with E-state index in [1.165, 1.54) is 0 Å². The van der Waals surface area contributed by atoms with Crippen LogP contribution in [-0.2, 0) is 9.59 Å². The predicted octanol–water partition coefficient (Wildman–Crippen LogP) is 4.14. The molecule has 3 rings (SSSR count). The normalized spacial score (nSPS) is 16.3. The van der Waals surface area contributed by atoms with E-state index in [0.717, 1.165) is 24.2 Å². The summed E-state index contributed by atoms with van der Waals surface area (Å²) in [5.41, 5.74) is 2.65. The lowest BCUT2D eigenvalue weighted by atomic mass is 10.1. The van der Waals surface area contributed by atoms with Crippen molar-refractivity contribution in [2.45, 2.75) is 38.8 Å². The van der Waals surface area contributed by atoms with E-state index in [2.05, 4.69) is 10.6 Å². The molecule has 142 valence electrons. The Morgan fingerprint density at radius 3 is 2.33 bits per heavy atom. The average molecular weight is 386 g/mol. The first kappa shape index (κ1) is 19.4. The molecule has 0 bridgehead atoms. The maximum atomic E-state index is 12.5. The zero-order valence-electron chi connectivity index (χ0n) is 15.5. The van der Waals surface area contributed by atoms with Crippen molar-refractivity contribution < 1.29 is 9.59 Å². The molecule has 5 nitrogen and oxygen atoms in total. The molecule has 1 saturated heterocycles. The van der Waals surface area contributed by atoms with Crippen LogP contribution < -0.4 is 15.5 Å². The highest BCUT2D eigenvalue weighted by atomic mass is 35.5. The van der Waals surface area contributed by atoms with Crippen LogP contribution in [0.4, 0.5) is 11.4 Å². The van der Waals surface area contributed by atoms with Gasteiger partial charge in [0.25, 0.3) is 0 Å². The summed E-state index contributed by atoms with van der Waals surface area (Å²) in [5, 5.41) is 6.89. The van der Waals surface area contributed by atoms with E-state index in [1.807, 2.05) is 62.4 Å². The molecular formula is C21H24ClN3O2. The molecule has 1 aliphatic heterocycles. The summed E-state index contributed by atoms with van der Waals surface area (Å²) in [6.45, 7) is 4.60. The Kier molecular flexibility index (Phi) is 6.14. The Morgan fingerprint density at radius 2 is 1.74 bits per heavy atom.